The smallest absolute Gasteiger partial charge is 0.305 e. The topological polar surface area (TPSA) is 429 Å². The highest BCUT2D eigenvalue weighted by atomic mass is 32.1. The highest BCUT2D eigenvalue weighted by molar-refractivity contribution is 7.10. The molecule has 0 aliphatic carbocycles. The molecule has 0 aromatic carbocycles. The molecule has 30 heteroatoms. The molecular weight excluding hydrogens is 1030 g/mol. The number of nitrogens with one attached hydrogen (secondary N) is 9. The Hall–Kier alpha value is -7.60. The maximum atomic E-state index is 14.6. The van der Waals surface area contributed by atoms with Gasteiger partial charge in [0, 0.05) is 42.2 Å². The highest BCUT2D eigenvalue weighted by Crippen LogP contribution is 2.27. The summed E-state index contributed by atoms with van der Waals surface area (Å²) in [6, 6.07) is -8.46. The number of carbonyl (C=O) groups excluding carboxylic acids is 9. The highest BCUT2D eigenvalue weighted by Gasteiger charge is 2.40. The molecule has 7 atom stereocenters. The number of fused-ring (bicyclic) bond motifs is 5. The van der Waals surface area contributed by atoms with Crippen molar-refractivity contribution >= 4 is 87.8 Å². The van der Waals surface area contributed by atoms with Crippen molar-refractivity contribution in [3.8, 4) is 0 Å². The molecule has 414 valence electrons. The molecule has 5 rings (SSSR count). The van der Waals surface area contributed by atoms with Gasteiger partial charge in [-0.15, -0.1) is 22.7 Å². The molecule has 15 N–H and O–H groups in total. The zero-order chi connectivity index (χ0) is 55.6. The normalized spacial score (nSPS) is 23.3. The third kappa shape index (κ3) is 17.8. The van der Waals surface area contributed by atoms with E-state index in [9.17, 15) is 58.2 Å². The zero-order valence-electron chi connectivity index (χ0n) is 42.4. The molecule has 9 amide bonds. The van der Waals surface area contributed by atoms with Gasteiger partial charge in [0.1, 0.15) is 57.7 Å². The van der Waals surface area contributed by atoms with E-state index < -0.39 is 128 Å². The molecule has 4 bridgehead atoms. The summed E-state index contributed by atoms with van der Waals surface area (Å²) in [6.45, 7) is 5.46. The van der Waals surface area contributed by atoms with Crippen molar-refractivity contribution in [2.45, 2.75) is 121 Å². The van der Waals surface area contributed by atoms with Crippen LogP contribution in [-0.2, 0) is 44.8 Å². The molecule has 76 heavy (non-hydrogen) atoms. The standard InChI is InChI=1S/C46H66N16O12S2/c1-22(2)11-26-40(71)58-29(13-24-15-49-21-53-24)45(74)62-10-6-8-33(62)42(73)56-25(7-5-9-50-46(47)48)39(70)57-28(12-23(3)4)43-61-32(20-75-43)41(72)59-30(18-63)44-60-31(19-76-44)38(69)52-17-35(65)55-27(14-36(66)67)37(68)51-16-34(64)54-26/h15,19-23,25-30,33,63H,5-14,16-18H2,1-4H3,(H,49,53)(H,51,68)(H,52,69)(H,54,64)(H,55,65)(H,56,73)(H,57,70)(H,58,71)(H,59,72)(H,66,67)(H4,47,48,50). The van der Waals surface area contributed by atoms with E-state index in [1.807, 2.05) is 13.8 Å². The fraction of sp³-hybridized carbons (Fsp3) is 0.565. The first kappa shape index (κ1) is 59.3. The van der Waals surface area contributed by atoms with Crippen molar-refractivity contribution in [3.63, 3.8) is 0 Å². The molecule has 0 saturated carbocycles. The number of aliphatic carboxylic acids is 1. The summed E-state index contributed by atoms with van der Waals surface area (Å²) in [4.78, 5) is 156. The van der Waals surface area contributed by atoms with Gasteiger partial charge in [-0.05, 0) is 50.4 Å². The van der Waals surface area contributed by atoms with E-state index in [1.54, 1.807) is 13.8 Å². The number of carboxylic acid groups (broad SMARTS) is 1. The summed E-state index contributed by atoms with van der Waals surface area (Å²) in [5, 5.41) is 43.6. The number of rotatable bonds is 13. The van der Waals surface area contributed by atoms with Crippen LogP contribution in [0.15, 0.2) is 28.3 Å². The molecule has 0 radical (unpaired) electrons. The lowest BCUT2D eigenvalue weighted by Gasteiger charge is -2.31. The number of imidazole rings is 1. The van der Waals surface area contributed by atoms with Crippen LogP contribution in [-0.4, -0.2) is 163 Å². The fourth-order valence-corrected chi connectivity index (χ4v) is 9.94. The average Bonchev–Trinajstić information content (AvgIpc) is 4.22. The lowest BCUT2D eigenvalue weighted by atomic mass is 10.0. The summed E-state index contributed by atoms with van der Waals surface area (Å²) in [5.41, 5.74) is 11.3. The number of hydrogen-bond donors (Lipinski definition) is 13. The van der Waals surface area contributed by atoms with E-state index in [0.29, 0.717) is 23.5 Å². The van der Waals surface area contributed by atoms with E-state index in [-0.39, 0.29) is 79.4 Å². The number of aliphatic hydroxyl groups is 1. The zero-order valence-corrected chi connectivity index (χ0v) is 44.0. The molecule has 28 nitrogen and oxygen atoms in total. The van der Waals surface area contributed by atoms with Crippen LogP contribution in [0.25, 0.3) is 0 Å². The number of guanidine groups is 1. The van der Waals surface area contributed by atoms with Crippen LogP contribution < -0.4 is 54.0 Å². The Labute approximate surface area is 444 Å². The Morgan fingerprint density at radius 2 is 1.33 bits per heavy atom. The number of thiazole rings is 2. The monoisotopic (exact) mass is 1100 g/mol. The van der Waals surface area contributed by atoms with Crippen LogP contribution in [0, 0.1) is 11.8 Å². The van der Waals surface area contributed by atoms with Gasteiger partial charge in [-0.25, -0.2) is 15.0 Å². The van der Waals surface area contributed by atoms with Crippen LogP contribution in [0.5, 0.6) is 0 Å². The minimum Gasteiger partial charge on any atom is -0.481 e. The Morgan fingerprint density at radius 3 is 1.95 bits per heavy atom. The maximum Gasteiger partial charge on any atom is 0.305 e. The molecular formula is C46H66N16O12S2. The summed E-state index contributed by atoms with van der Waals surface area (Å²) in [7, 11) is 0. The number of nitrogens with two attached hydrogens (primary N) is 2. The van der Waals surface area contributed by atoms with Gasteiger partial charge in [0.05, 0.1) is 38.5 Å². The van der Waals surface area contributed by atoms with E-state index in [2.05, 4.69) is 67.5 Å². The van der Waals surface area contributed by atoms with Crippen LogP contribution in [0.4, 0.5) is 0 Å². The predicted octanol–water partition coefficient (Wildman–Crippen LogP) is -2.40. The predicted molar refractivity (Wildman–Crippen MR) is 274 cm³/mol. The summed E-state index contributed by atoms with van der Waals surface area (Å²) < 4.78 is 0. The van der Waals surface area contributed by atoms with E-state index >= 15 is 0 Å². The molecule has 0 spiro atoms. The van der Waals surface area contributed by atoms with Crippen LogP contribution in [0.1, 0.15) is 121 Å². The Balaban J connectivity index is 1.49. The minimum atomic E-state index is -1.72. The first-order chi connectivity index (χ1) is 36.1. The number of carboxylic acids is 1. The van der Waals surface area contributed by atoms with Crippen LogP contribution >= 0.6 is 22.7 Å². The number of aliphatic imine (C=N–C) groups is 1. The fourth-order valence-electron chi connectivity index (χ4n) is 8.24. The van der Waals surface area contributed by atoms with Gasteiger partial charge in [0.25, 0.3) is 11.8 Å². The lowest BCUT2D eigenvalue weighted by Crippen LogP contribution is -2.59. The number of amides is 9. The van der Waals surface area contributed by atoms with Crippen LogP contribution in [0.2, 0.25) is 0 Å². The van der Waals surface area contributed by atoms with Crippen molar-refractivity contribution in [2.75, 3.05) is 32.8 Å². The van der Waals surface area contributed by atoms with Crippen molar-refractivity contribution < 1.29 is 58.2 Å². The molecule has 1 fully saturated rings. The van der Waals surface area contributed by atoms with Gasteiger partial charge in [-0.3, -0.25) is 52.9 Å². The summed E-state index contributed by atoms with van der Waals surface area (Å²) in [5.74, 6) is -9.09. The quantitative estimate of drug-likeness (QED) is 0.0482. The first-order valence-electron chi connectivity index (χ1n) is 24.5. The number of aromatic amines is 1. The number of carbonyl (C=O) groups is 10. The molecule has 7 unspecified atom stereocenters. The van der Waals surface area contributed by atoms with Gasteiger partial charge >= 0.3 is 5.97 Å². The summed E-state index contributed by atoms with van der Waals surface area (Å²) in [6.07, 6.45) is 3.11. The number of aromatic nitrogens is 4. The Morgan fingerprint density at radius 1 is 0.737 bits per heavy atom. The van der Waals surface area contributed by atoms with E-state index in [1.165, 1.54) is 28.2 Å². The average molecular weight is 1100 g/mol. The number of nitrogens with zero attached hydrogens (tertiary/aromatic N) is 5. The van der Waals surface area contributed by atoms with Gasteiger partial charge in [-0.1, -0.05) is 27.7 Å². The second-order valence-corrected chi connectivity index (χ2v) is 20.7. The van der Waals surface area contributed by atoms with Gasteiger partial charge < -0.3 is 74.1 Å². The van der Waals surface area contributed by atoms with Gasteiger partial charge in [-0.2, -0.15) is 0 Å². The van der Waals surface area contributed by atoms with E-state index in [4.69, 9.17) is 11.5 Å². The largest absolute Gasteiger partial charge is 0.481 e. The lowest BCUT2D eigenvalue weighted by molar-refractivity contribution is -0.142. The Kier molecular flexibility index (Phi) is 22.1. The second-order valence-electron chi connectivity index (χ2n) is 19.0. The van der Waals surface area contributed by atoms with Crippen molar-refractivity contribution in [1.82, 2.24) is 67.4 Å². The number of aliphatic hydroxyl groups excluding tert-OH is 1. The second kappa shape index (κ2) is 28.3. The van der Waals surface area contributed by atoms with Crippen molar-refractivity contribution in [3.05, 3.63) is 50.4 Å². The molecule has 2 aliphatic rings. The molecule has 1 saturated heterocycles. The van der Waals surface area contributed by atoms with Gasteiger partial charge in [0.2, 0.25) is 41.4 Å². The van der Waals surface area contributed by atoms with Crippen molar-refractivity contribution in [1.29, 1.82) is 0 Å². The molecule has 3 aromatic heterocycles. The number of hydrogen-bond acceptors (Lipinski definition) is 17. The minimum absolute atomic E-state index is 0.00708. The molecule has 2 aliphatic heterocycles. The van der Waals surface area contributed by atoms with E-state index in [0.717, 1.165) is 22.7 Å². The summed E-state index contributed by atoms with van der Waals surface area (Å²) >= 11 is 2.00. The molecule has 3 aromatic rings. The third-order valence-corrected chi connectivity index (χ3v) is 13.8. The van der Waals surface area contributed by atoms with Crippen molar-refractivity contribution in [2.24, 2.45) is 28.3 Å². The Bertz CT molecular complexity index is 2580. The maximum absolute atomic E-state index is 14.6. The van der Waals surface area contributed by atoms with Crippen LogP contribution in [0.3, 0.4) is 0 Å². The third-order valence-electron chi connectivity index (χ3n) is 11.8. The SMILES string of the molecule is CC(C)CC1NC(=O)CNC(=O)C(CC(=O)O)NC(=O)CNC(=O)c2csc(n2)C(CO)NC(=O)c2csc(n2)C(CC(C)C)NC(=O)C(CCCN=C(N)N)NC(=O)C2CCCN2C(=O)C(Cc2cnc[nH]2)NC1=O. The first-order valence-corrected chi connectivity index (χ1v) is 26.3. The number of H-pyrrole nitrogens is 1. The van der Waals surface area contributed by atoms with Gasteiger partial charge in [0.15, 0.2) is 5.96 Å². The molecule has 5 heterocycles.